The van der Waals surface area contributed by atoms with Gasteiger partial charge in [0.25, 0.3) is 0 Å². The fourth-order valence-corrected chi connectivity index (χ4v) is 5.48. The zero-order chi connectivity index (χ0) is 18.1. The van der Waals surface area contributed by atoms with Gasteiger partial charge in [-0.2, -0.15) is 11.8 Å². The van der Waals surface area contributed by atoms with Gasteiger partial charge in [0, 0.05) is 17.7 Å². The van der Waals surface area contributed by atoms with Crippen LogP contribution in [0.1, 0.15) is 24.5 Å². The fourth-order valence-electron chi connectivity index (χ4n) is 3.03. The van der Waals surface area contributed by atoms with E-state index in [1.54, 1.807) is 23.9 Å². The molecular weight excluding hydrogens is 352 g/mol. The Balaban J connectivity index is 2.12. The first kappa shape index (κ1) is 18.1. The molecule has 0 aromatic heterocycles. The lowest BCUT2D eigenvalue weighted by atomic mass is 10.1. The third-order valence-electron chi connectivity index (χ3n) is 4.28. The van der Waals surface area contributed by atoms with Crippen molar-refractivity contribution in [1.82, 2.24) is 0 Å². The first-order valence-electron chi connectivity index (χ1n) is 8.14. The second-order valence-electron chi connectivity index (χ2n) is 6.60. The van der Waals surface area contributed by atoms with E-state index in [1.165, 1.54) is 0 Å². The van der Waals surface area contributed by atoms with Gasteiger partial charge >= 0.3 is 0 Å². The van der Waals surface area contributed by atoms with Gasteiger partial charge in [0.15, 0.2) is 0 Å². The second-order valence-corrected chi connectivity index (χ2v) is 9.43. The van der Waals surface area contributed by atoms with Crippen LogP contribution in [0.15, 0.2) is 64.4 Å². The molecule has 0 saturated carbocycles. The van der Waals surface area contributed by atoms with E-state index in [2.05, 4.69) is 0 Å². The summed E-state index contributed by atoms with van der Waals surface area (Å²) in [6.45, 7) is 3.92. The van der Waals surface area contributed by atoms with E-state index < -0.39 is 15.4 Å². The van der Waals surface area contributed by atoms with Crippen molar-refractivity contribution < 1.29 is 13.2 Å². The third-order valence-corrected chi connectivity index (χ3v) is 7.05. The summed E-state index contributed by atoms with van der Waals surface area (Å²) in [5.41, 5.74) is 1.32. The Hall–Kier alpha value is -1.72. The maximum atomic E-state index is 13.3. The predicted molar refractivity (Wildman–Crippen MR) is 104 cm³/mol. The third kappa shape index (κ3) is 3.62. The molecule has 1 aliphatic heterocycles. The zero-order valence-electron chi connectivity index (χ0n) is 14.7. The zero-order valence-corrected chi connectivity index (χ0v) is 16.3. The van der Waals surface area contributed by atoms with Crippen LogP contribution in [0.2, 0.25) is 0 Å². The Morgan fingerprint density at radius 2 is 1.72 bits per heavy atom. The summed E-state index contributed by atoms with van der Waals surface area (Å²) < 4.78 is 32.8. The predicted octanol–water partition coefficient (Wildman–Crippen LogP) is 4.68. The van der Waals surface area contributed by atoms with Crippen LogP contribution >= 0.6 is 11.8 Å². The lowest BCUT2D eigenvalue weighted by Crippen LogP contribution is -2.27. The number of rotatable bonds is 5. The van der Waals surface area contributed by atoms with E-state index in [-0.39, 0.29) is 0 Å². The number of hydrogen-bond donors (Lipinski definition) is 0. The molecule has 0 N–H and O–H groups in total. The van der Waals surface area contributed by atoms with Crippen LogP contribution in [0.5, 0.6) is 0 Å². The van der Waals surface area contributed by atoms with Crippen LogP contribution in [0, 0.1) is 6.92 Å². The molecule has 2 aromatic rings. The molecule has 1 heterocycles. The second kappa shape index (κ2) is 6.89. The number of benzene rings is 2. The summed E-state index contributed by atoms with van der Waals surface area (Å²) in [4.78, 5) is 0.692. The van der Waals surface area contributed by atoms with E-state index in [9.17, 15) is 8.42 Å². The highest BCUT2D eigenvalue weighted by atomic mass is 32.2. The Labute approximate surface area is 154 Å². The van der Waals surface area contributed by atoms with Gasteiger partial charge in [-0.3, -0.25) is 0 Å². The molecule has 0 bridgehead atoms. The molecular formula is C20H22O3S2. The summed E-state index contributed by atoms with van der Waals surface area (Å²) in [7, 11) is -3.60. The lowest BCUT2D eigenvalue weighted by molar-refractivity contribution is 0.105. The first-order chi connectivity index (χ1) is 11.9. The van der Waals surface area contributed by atoms with Crippen molar-refractivity contribution in [2.45, 2.75) is 30.8 Å². The van der Waals surface area contributed by atoms with Gasteiger partial charge in [0.2, 0.25) is 9.84 Å². The smallest absolute Gasteiger partial charge is 0.206 e. The quantitative estimate of drug-likeness (QED) is 0.762. The van der Waals surface area contributed by atoms with Gasteiger partial charge in [-0.15, -0.1) is 0 Å². The number of ether oxygens (including phenoxy) is 1. The van der Waals surface area contributed by atoms with Crippen LogP contribution in [0.3, 0.4) is 0 Å². The van der Waals surface area contributed by atoms with Crippen LogP contribution < -0.4 is 0 Å². The Bertz CT molecular complexity index is 884. The molecule has 3 nitrogen and oxygen atoms in total. The largest absolute Gasteiger partial charge is 0.485 e. The van der Waals surface area contributed by atoms with Crippen molar-refractivity contribution in [3.05, 3.63) is 70.6 Å². The van der Waals surface area contributed by atoms with Gasteiger partial charge in [-0.05, 0) is 32.2 Å². The average molecular weight is 375 g/mol. The molecule has 0 saturated heterocycles. The molecule has 1 aliphatic rings. The normalized spacial score (nSPS) is 20.6. The summed E-state index contributed by atoms with van der Waals surface area (Å²) in [5, 5.41) is 0. The van der Waals surface area contributed by atoms with E-state index in [1.807, 2.05) is 62.6 Å². The molecule has 0 radical (unpaired) electrons. The molecule has 0 spiro atoms. The van der Waals surface area contributed by atoms with Crippen molar-refractivity contribution in [3.8, 4) is 0 Å². The molecule has 3 rings (SSSR count). The summed E-state index contributed by atoms with van der Waals surface area (Å²) in [5.74, 6) is 1.22. The highest BCUT2D eigenvalue weighted by Crippen LogP contribution is 2.44. The fraction of sp³-hybridized carbons (Fsp3) is 0.300. The molecule has 0 fully saturated rings. The minimum absolute atomic E-state index is 0.318. The van der Waals surface area contributed by atoms with Crippen molar-refractivity contribution in [2.24, 2.45) is 0 Å². The minimum atomic E-state index is -3.60. The van der Waals surface area contributed by atoms with E-state index in [0.717, 1.165) is 16.9 Å². The highest BCUT2D eigenvalue weighted by molar-refractivity contribution is 7.98. The number of aryl methyl sites for hydroxylation is 1. The van der Waals surface area contributed by atoms with Gasteiger partial charge in [0.05, 0.1) is 9.80 Å². The minimum Gasteiger partial charge on any atom is -0.485 e. The molecule has 1 atom stereocenters. The van der Waals surface area contributed by atoms with Crippen molar-refractivity contribution >= 4 is 27.4 Å². The van der Waals surface area contributed by atoms with Crippen molar-refractivity contribution in [1.29, 1.82) is 0 Å². The summed E-state index contributed by atoms with van der Waals surface area (Å²) in [6.07, 6.45) is 2.39. The summed E-state index contributed by atoms with van der Waals surface area (Å²) in [6, 6.07) is 16.5. The van der Waals surface area contributed by atoms with Crippen LogP contribution in [0.25, 0.3) is 5.76 Å². The van der Waals surface area contributed by atoms with E-state index >= 15 is 0 Å². The van der Waals surface area contributed by atoms with Gasteiger partial charge < -0.3 is 4.74 Å². The first-order valence-corrected chi connectivity index (χ1v) is 11.0. The van der Waals surface area contributed by atoms with Crippen molar-refractivity contribution in [3.63, 3.8) is 0 Å². The number of thioether (sulfide) groups is 1. The van der Waals surface area contributed by atoms with Crippen LogP contribution in [-0.4, -0.2) is 26.0 Å². The monoisotopic (exact) mass is 374 g/mol. The number of sulfone groups is 1. The molecule has 0 aliphatic carbocycles. The average Bonchev–Trinajstić information content (AvgIpc) is 2.95. The molecule has 25 heavy (non-hydrogen) atoms. The van der Waals surface area contributed by atoms with Crippen LogP contribution in [0.4, 0.5) is 0 Å². The maximum Gasteiger partial charge on any atom is 0.206 e. The molecule has 5 heteroatoms. The maximum absolute atomic E-state index is 13.3. The Morgan fingerprint density at radius 1 is 1.08 bits per heavy atom. The summed E-state index contributed by atoms with van der Waals surface area (Å²) >= 11 is 1.66. The Kier molecular flexibility index (Phi) is 4.98. The molecule has 1 unspecified atom stereocenters. The van der Waals surface area contributed by atoms with Gasteiger partial charge in [-0.1, -0.05) is 48.0 Å². The SMILES string of the molecule is CSCC1(C)CC(S(=O)(=O)c2ccc(C)cc2)=C(c2ccccc2)O1. The number of hydrogen-bond acceptors (Lipinski definition) is 4. The lowest BCUT2D eigenvalue weighted by Gasteiger charge is -2.24. The van der Waals surface area contributed by atoms with E-state index in [4.69, 9.17) is 4.74 Å². The molecule has 0 amide bonds. The molecule has 132 valence electrons. The standard InChI is InChI=1S/C20H22O3S2/c1-15-9-11-17(12-10-15)25(21,22)18-13-20(2,14-24-3)23-19(18)16-7-5-4-6-8-16/h4-12H,13-14H2,1-3H3. The van der Waals surface area contributed by atoms with E-state index in [0.29, 0.717) is 22.0 Å². The Morgan fingerprint density at radius 3 is 2.32 bits per heavy atom. The van der Waals surface area contributed by atoms with Gasteiger partial charge in [0.1, 0.15) is 11.4 Å². The topological polar surface area (TPSA) is 43.4 Å². The van der Waals surface area contributed by atoms with Gasteiger partial charge in [-0.25, -0.2) is 8.42 Å². The highest BCUT2D eigenvalue weighted by Gasteiger charge is 2.42. The van der Waals surface area contributed by atoms with Crippen LogP contribution in [-0.2, 0) is 14.6 Å². The molecule has 2 aromatic carbocycles. The van der Waals surface area contributed by atoms with Crippen molar-refractivity contribution in [2.75, 3.05) is 12.0 Å².